The molecule has 0 spiro atoms. The van der Waals surface area contributed by atoms with Gasteiger partial charge < -0.3 is 25.4 Å². The fourth-order valence-corrected chi connectivity index (χ4v) is 8.33. The zero-order valence-electron chi connectivity index (χ0n) is 24.3. The second-order valence-corrected chi connectivity index (χ2v) is 14.1. The number of hydrogen-bond donors (Lipinski definition) is 3. The van der Waals surface area contributed by atoms with Crippen LogP contribution in [0.15, 0.2) is 42.5 Å². The lowest BCUT2D eigenvalue weighted by atomic mass is 9.92. The lowest BCUT2D eigenvalue weighted by Crippen LogP contribution is -2.58. The lowest BCUT2D eigenvalue weighted by Gasteiger charge is -2.32. The lowest BCUT2D eigenvalue weighted by molar-refractivity contribution is -0.149. The molecule has 6 rings (SSSR count). The summed E-state index contributed by atoms with van der Waals surface area (Å²) in [5.41, 5.74) is 0.0961. The Labute approximate surface area is 270 Å². The SMILES string of the molecule is O=C1N[C@]2(C(=O)O)CCC(CCCCCC[C@H](Nc3cc(Cl)cc(Cl)c3)C(=O)N3C[C@H](Oc4nc5ccccc5s4)C[C@@H]13)C2. The van der Waals surface area contributed by atoms with Crippen LogP contribution in [0.1, 0.15) is 64.2 Å². The first-order valence-electron chi connectivity index (χ1n) is 15.3. The number of halogens is 2. The van der Waals surface area contributed by atoms with Crippen molar-refractivity contribution in [3.05, 3.63) is 52.5 Å². The number of nitrogens with zero attached hydrogens (tertiary/aromatic N) is 2. The molecular weight excluding hydrogens is 623 g/mol. The number of carbonyl (C=O) groups is 3. The molecule has 44 heavy (non-hydrogen) atoms. The molecule has 1 aliphatic carbocycles. The Bertz CT molecular complexity index is 1500. The highest BCUT2D eigenvalue weighted by molar-refractivity contribution is 7.20. The maximum absolute atomic E-state index is 14.3. The average molecular weight is 660 g/mol. The number of carboxylic acid groups (broad SMARTS) is 1. The third-order valence-corrected chi connectivity index (χ3v) is 10.5. The summed E-state index contributed by atoms with van der Waals surface area (Å²) < 4.78 is 7.26. The molecule has 1 aromatic heterocycles. The molecule has 0 radical (unpaired) electrons. The van der Waals surface area contributed by atoms with Crippen molar-refractivity contribution < 1.29 is 24.2 Å². The van der Waals surface area contributed by atoms with Gasteiger partial charge in [0.15, 0.2) is 0 Å². The maximum Gasteiger partial charge on any atom is 0.329 e. The summed E-state index contributed by atoms with van der Waals surface area (Å²) in [6.45, 7) is 0.171. The van der Waals surface area contributed by atoms with Gasteiger partial charge in [0.25, 0.3) is 5.19 Å². The number of hydrogen-bond acceptors (Lipinski definition) is 7. The number of amides is 2. The summed E-state index contributed by atoms with van der Waals surface area (Å²) in [7, 11) is 0. The van der Waals surface area contributed by atoms with Gasteiger partial charge in [0.1, 0.15) is 23.7 Å². The number of rotatable bonds is 5. The molecule has 2 saturated heterocycles. The molecule has 234 valence electrons. The van der Waals surface area contributed by atoms with Gasteiger partial charge in [-0.15, -0.1) is 0 Å². The predicted octanol–water partition coefficient (Wildman–Crippen LogP) is 6.53. The molecule has 1 unspecified atom stereocenters. The molecule has 3 aliphatic rings. The second-order valence-electron chi connectivity index (χ2n) is 12.3. The number of aliphatic carboxylic acids is 1. The fourth-order valence-electron chi connectivity index (χ4n) is 6.92. The number of ether oxygens (including phenoxy) is 1. The van der Waals surface area contributed by atoms with Crippen molar-refractivity contribution in [3.8, 4) is 5.19 Å². The molecule has 5 atom stereocenters. The van der Waals surface area contributed by atoms with E-state index in [1.54, 1.807) is 23.1 Å². The molecule has 2 bridgehead atoms. The first-order valence-corrected chi connectivity index (χ1v) is 16.9. The predicted molar refractivity (Wildman–Crippen MR) is 172 cm³/mol. The summed E-state index contributed by atoms with van der Waals surface area (Å²) >= 11 is 13.9. The monoisotopic (exact) mass is 658 g/mol. The van der Waals surface area contributed by atoms with Crippen molar-refractivity contribution in [2.24, 2.45) is 5.92 Å². The zero-order valence-corrected chi connectivity index (χ0v) is 26.6. The summed E-state index contributed by atoms with van der Waals surface area (Å²) in [6, 6.07) is 11.3. The molecule has 2 aromatic carbocycles. The Kier molecular flexibility index (Phi) is 9.21. The van der Waals surface area contributed by atoms with Crippen molar-refractivity contribution in [1.82, 2.24) is 15.2 Å². The largest absolute Gasteiger partial charge is 0.480 e. The van der Waals surface area contributed by atoms with Crippen molar-refractivity contribution >= 4 is 68.2 Å². The van der Waals surface area contributed by atoms with E-state index in [-0.39, 0.29) is 24.8 Å². The van der Waals surface area contributed by atoms with Crippen LogP contribution in [-0.2, 0) is 14.4 Å². The maximum atomic E-state index is 14.3. The van der Waals surface area contributed by atoms with Gasteiger partial charge in [-0.05, 0) is 61.9 Å². The van der Waals surface area contributed by atoms with Gasteiger partial charge >= 0.3 is 5.97 Å². The average Bonchev–Trinajstić information content (AvgIpc) is 3.70. The molecule has 2 amide bonds. The quantitative estimate of drug-likeness (QED) is 0.285. The number of fused-ring (bicyclic) bond motifs is 4. The van der Waals surface area contributed by atoms with Crippen LogP contribution in [0, 0.1) is 5.92 Å². The van der Waals surface area contributed by atoms with Crippen molar-refractivity contribution in [3.63, 3.8) is 0 Å². The van der Waals surface area contributed by atoms with E-state index in [1.165, 1.54) is 11.3 Å². The fraction of sp³-hybridized carbons (Fsp3) is 0.500. The van der Waals surface area contributed by atoms with E-state index in [0.29, 0.717) is 40.2 Å². The summed E-state index contributed by atoms with van der Waals surface area (Å²) in [4.78, 5) is 47.0. The Balaban J connectivity index is 1.30. The highest BCUT2D eigenvalue weighted by atomic mass is 35.5. The minimum absolute atomic E-state index is 0.171. The first-order chi connectivity index (χ1) is 21.2. The van der Waals surface area contributed by atoms with E-state index in [1.807, 2.05) is 24.3 Å². The first kappa shape index (κ1) is 30.9. The molecule has 9 nitrogen and oxygen atoms in total. The Hall–Kier alpha value is -3.08. The minimum Gasteiger partial charge on any atom is -0.480 e. The van der Waals surface area contributed by atoms with Crippen LogP contribution in [0.3, 0.4) is 0 Å². The van der Waals surface area contributed by atoms with E-state index in [4.69, 9.17) is 27.9 Å². The highest BCUT2D eigenvalue weighted by Crippen LogP contribution is 2.39. The summed E-state index contributed by atoms with van der Waals surface area (Å²) in [5.74, 6) is -1.49. The third-order valence-electron chi connectivity index (χ3n) is 9.14. The van der Waals surface area contributed by atoms with Crippen molar-refractivity contribution in [2.45, 2.75) is 87.9 Å². The van der Waals surface area contributed by atoms with Gasteiger partial charge in [-0.3, -0.25) is 9.59 Å². The molecular formula is C32H36Cl2N4O5S. The van der Waals surface area contributed by atoms with Gasteiger partial charge in [0.2, 0.25) is 11.8 Å². The number of aromatic nitrogens is 1. The molecule has 3 N–H and O–H groups in total. The third kappa shape index (κ3) is 6.77. The highest BCUT2D eigenvalue weighted by Gasteiger charge is 2.50. The molecule has 3 heterocycles. The van der Waals surface area contributed by atoms with E-state index in [9.17, 15) is 19.5 Å². The smallest absolute Gasteiger partial charge is 0.329 e. The summed E-state index contributed by atoms with van der Waals surface area (Å²) in [5, 5.41) is 17.9. The van der Waals surface area contributed by atoms with Gasteiger partial charge in [0.05, 0.1) is 16.8 Å². The van der Waals surface area contributed by atoms with Gasteiger partial charge in [-0.1, -0.05) is 78.8 Å². The van der Waals surface area contributed by atoms with Gasteiger partial charge in [-0.2, -0.15) is 0 Å². The van der Waals surface area contributed by atoms with Crippen LogP contribution < -0.4 is 15.4 Å². The molecule has 2 aliphatic heterocycles. The molecule has 3 aromatic rings. The van der Waals surface area contributed by atoms with Crippen LogP contribution in [0.25, 0.3) is 10.2 Å². The number of para-hydroxylation sites is 1. The van der Waals surface area contributed by atoms with E-state index in [0.717, 1.165) is 48.7 Å². The molecule has 1 saturated carbocycles. The van der Waals surface area contributed by atoms with Gasteiger partial charge in [-0.25, -0.2) is 9.78 Å². The number of carboxylic acids is 1. The van der Waals surface area contributed by atoms with Crippen molar-refractivity contribution in [1.29, 1.82) is 0 Å². The van der Waals surface area contributed by atoms with Crippen molar-refractivity contribution in [2.75, 3.05) is 11.9 Å². The number of nitrogens with one attached hydrogen (secondary N) is 2. The number of carbonyl (C=O) groups excluding carboxylic acids is 2. The van der Waals surface area contributed by atoms with E-state index >= 15 is 0 Å². The zero-order chi connectivity index (χ0) is 30.8. The molecule has 12 heteroatoms. The van der Waals surface area contributed by atoms with E-state index < -0.39 is 35.6 Å². The van der Waals surface area contributed by atoms with Crippen LogP contribution in [0.4, 0.5) is 5.69 Å². The number of anilines is 1. The summed E-state index contributed by atoms with van der Waals surface area (Å²) in [6.07, 6.45) is 6.51. The van der Waals surface area contributed by atoms with Crippen LogP contribution in [0.2, 0.25) is 10.0 Å². The van der Waals surface area contributed by atoms with E-state index in [2.05, 4.69) is 15.6 Å². The Morgan fingerprint density at radius 2 is 1.82 bits per heavy atom. The topological polar surface area (TPSA) is 121 Å². The normalized spacial score (nSPS) is 28.2. The number of benzene rings is 2. The Morgan fingerprint density at radius 1 is 1.07 bits per heavy atom. The van der Waals surface area contributed by atoms with Crippen LogP contribution in [-0.4, -0.2) is 63.0 Å². The van der Waals surface area contributed by atoms with Crippen LogP contribution in [0.5, 0.6) is 5.19 Å². The number of thiazole rings is 1. The molecule has 3 fully saturated rings. The van der Waals surface area contributed by atoms with Gasteiger partial charge in [0, 0.05) is 22.2 Å². The minimum atomic E-state index is -1.34. The Morgan fingerprint density at radius 3 is 2.57 bits per heavy atom. The standard InChI is InChI=1S/C32H36Cl2N4O5S/c33-20-13-21(34)15-22(14-20)35-25-9-4-2-1-3-7-19-11-12-32(17-19,30(41)42)37-28(39)26-16-23(18-38(26)29(25)40)43-31-36-24-8-5-6-10-27(24)44-31/h5-6,8,10,13-15,19,23,25-26,35H,1-4,7,9,11-12,16-18H2,(H,37,39)(H,41,42)/t19?,23-,25+,26+,32-/m1/s1. The second kappa shape index (κ2) is 13.1. The van der Waals surface area contributed by atoms with Crippen LogP contribution >= 0.6 is 34.5 Å².